The van der Waals surface area contributed by atoms with Crippen molar-refractivity contribution in [3.8, 4) is 0 Å². The van der Waals surface area contributed by atoms with E-state index in [0.717, 1.165) is 0 Å². The van der Waals surface area contributed by atoms with Crippen LogP contribution >= 0.6 is 0 Å². The van der Waals surface area contributed by atoms with Crippen LogP contribution in [0.5, 0.6) is 0 Å². The van der Waals surface area contributed by atoms with Gasteiger partial charge in [-0.05, 0) is 6.07 Å². The molecule has 2 heterocycles. The molecule has 0 saturated heterocycles. The zero-order chi connectivity index (χ0) is 8.23. The standard InChI is InChI=1S/C6H6N6/c1-2-7-3-8-5(1)11-6-9-4-10-12-6/h1-4H,(H2,7,8,9,10,11,12). The number of nitrogens with one attached hydrogen (secondary N) is 2. The van der Waals surface area contributed by atoms with Crippen molar-refractivity contribution in [1.29, 1.82) is 0 Å². The average molecular weight is 162 g/mol. The Bertz CT molecular complexity index is 328. The minimum Gasteiger partial charge on any atom is -0.309 e. The van der Waals surface area contributed by atoms with E-state index in [-0.39, 0.29) is 0 Å². The van der Waals surface area contributed by atoms with Crippen molar-refractivity contribution in [3.05, 3.63) is 24.9 Å². The normalized spacial score (nSPS) is 9.67. The number of H-pyrrole nitrogens is 1. The van der Waals surface area contributed by atoms with Crippen molar-refractivity contribution in [1.82, 2.24) is 25.1 Å². The summed E-state index contributed by atoms with van der Waals surface area (Å²) in [7, 11) is 0. The number of anilines is 2. The second kappa shape index (κ2) is 2.95. The molecule has 0 radical (unpaired) electrons. The fraction of sp³-hybridized carbons (Fsp3) is 0. The molecule has 0 aliphatic heterocycles. The van der Waals surface area contributed by atoms with Crippen molar-refractivity contribution in [2.75, 3.05) is 5.32 Å². The molecule has 2 aromatic heterocycles. The molecule has 2 N–H and O–H groups in total. The highest BCUT2D eigenvalue weighted by molar-refractivity contribution is 5.45. The second-order valence-electron chi connectivity index (χ2n) is 2.05. The molecule has 0 amide bonds. The summed E-state index contributed by atoms with van der Waals surface area (Å²) in [5.74, 6) is 1.25. The van der Waals surface area contributed by atoms with Crippen LogP contribution < -0.4 is 5.32 Å². The number of hydrogen-bond donors (Lipinski definition) is 2. The van der Waals surface area contributed by atoms with Crippen molar-refractivity contribution in [2.24, 2.45) is 0 Å². The Kier molecular flexibility index (Phi) is 1.65. The number of aromatic amines is 1. The molecule has 0 atom stereocenters. The fourth-order valence-electron chi connectivity index (χ4n) is 0.752. The third kappa shape index (κ3) is 1.36. The van der Waals surface area contributed by atoms with Gasteiger partial charge < -0.3 is 5.32 Å². The summed E-state index contributed by atoms with van der Waals surface area (Å²) in [6, 6.07) is 1.74. The van der Waals surface area contributed by atoms with Gasteiger partial charge in [0.1, 0.15) is 18.5 Å². The van der Waals surface area contributed by atoms with Gasteiger partial charge in [0, 0.05) is 6.20 Å². The Morgan fingerprint density at radius 1 is 1.25 bits per heavy atom. The monoisotopic (exact) mass is 162 g/mol. The van der Waals surface area contributed by atoms with Crippen molar-refractivity contribution in [3.63, 3.8) is 0 Å². The predicted octanol–water partition coefficient (Wildman–Crippen LogP) is 0.338. The Morgan fingerprint density at radius 3 is 2.92 bits per heavy atom. The van der Waals surface area contributed by atoms with Gasteiger partial charge in [0.15, 0.2) is 0 Å². The molecule has 12 heavy (non-hydrogen) atoms. The van der Waals surface area contributed by atoms with Gasteiger partial charge in [-0.25, -0.2) is 15.1 Å². The minimum absolute atomic E-state index is 0.564. The maximum atomic E-state index is 3.94. The van der Waals surface area contributed by atoms with E-state index in [0.29, 0.717) is 11.8 Å². The first-order chi connectivity index (χ1) is 5.95. The molecule has 0 saturated carbocycles. The first-order valence-corrected chi connectivity index (χ1v) is 3.33. The molecule has 0 unspecified atom stereocenters. The first kappa shape index (κ1) is 6.71. The maximum Gasteiger partial charge on any atom is 0.224 e. The summed E-state index contributed by atoms with van der Waals surface area (Å²) in [6.07, 6.45) is 4.52. The van der Waals surface area contributed by atoms with Gasteiger partial charge in [0.2, 0.25) is 5.95 Å². The van der Waals surface area contributed by atoms with Crippen molar-refractivity contribution in [2.45, 2.75) is 0 Å². The molecule has 6 heteroatoms. The van der Waals surface area contributed by atoms with Crippen LogP contribution in [0.4, 0.5) is 11.8 Å². The highest BCUT2D eigenvalue weighted by Crippen LogP contribution is 2.04. The summed E-state index contributed by atoms with van der Waals surface area (Å²) in [4.78, 5) is 11.6. The van der Waals surface area contributed by atoms with E-state index >= 15 is 0 Å². The van der Waals surface area contributed by atoms with Gasteiger partial charge in [-0.15, -0.1) is 0 Å². The van der Waals surface area contributed by atoms with Crippen LogP contribution in [0.1, 0.15) is 0 Å². The summed E-state index contributed by atoms with van der Waals surface area (Å²) < 4.78 is 0. The van der Waals surface area contributed by atoms with Gasteiger partial charge in [0.05, 0.1) is 0 Å². The lowest BCUT2D eigenvalue weighted by atomic mass is 10.6. The van der Waals surface area contributed by atoms with Crippen LogP contribution in [-0.2, 0) is 0 Å². The smallest absolute Gasteiger partial charge is 0.224 e. The SMILES string of the molecule is c1cc(Nc2ncn[nH]2)ncn1. The number of hydrogen-bond acceptors (Lipinski definition) is 5. The predicted molar refractivity (Wildman–Crippen MR) is 41.7 cm³/mol. The van der Waals surface area contributed by atoms with E-state index in [4.69, 9.17) is 0 Å². The lowest BCUT2D eigenvalue weighted by Gasteiger charge is -1.97. The molecule has 0 fully saturated rings. The first-order valence-electron chi connectivity index (χ1n) is 3.33. The molecule has 2 rings (SSSR count). The highest BCUT2D eigenvalue weighted by atomic mass is 15.3. The van der Waals surface area contributed by atoms with Crippen LogP contribution in [0, 0.1) is 0 Å². The van der Waals surface area contributed by atoms with Crippen LogP contribution in [-0.4, -0.2) is 25.1 Å². The summed E-state index contributed by atoms with van der Waals surface area (Å²) in [6.45, 7) is 0. The van der Waals surface area contributed by atoms with Crippen molar-refractivity contribution >= 4 is 11.8 Å². The Hall–Kier alpha value is -1.98. The van der Waals surface area contributed by atoms with E-state index < -0.39 is 0 Å². The van der Waals surface area contributed by atoms with Crippen LogP contribution in [0.15, 0.2) is 24.9 Å². The van der Waals surface area contributed by atoms with E-state index in [9.17, 15) is 0 Å². The number of rotatable bonds is 2. The third-order valence-corrected chi connectivity index (χ3v) is 1.24. The van der Waals surface area contributed by atoms with Crippen LogP contribution in [0.25, 0.3) is 0 Å². The lowest BCUT2D eigenvalue weighted by molar-refractivity contribution is 1.08. The Morgan fingerprint density at radius 2 is 2.25 bits per heavy atom. The average Bonchev–Trinajstić information content (AvgIpc) is 2.59. The molecular weight excluding hydrogens is 156 g/mol. The number of nitrogens with zero attached hydrogens (tertiary/aromatic N) is 4. The zero-order valence-corrected chi connectivity index (χ0v) is 6.10. The Balaban J connectivity index is 2.15. The van der Waals surface area contributed by atoms with E-state index in [2.05, 4.69) is 30.5 Å². The van der Waals surface area contributed by atoms with Crippen molar-refractivity contribution < 1.29 is 0 Å². The van der Waals surface area contributed by atoms with Gasteiger partial charge >= 0.3 is 0 Å². The highest BCUT2D eigenvalue weighted by Gasteiger charge is 1.94. The Labute approximate surface area is 68.1 Å². The molecular formula is C6H6N6. The molecule has 0 bridgehead atoms. The second-order valence-corrected chi connectivity index (χ2v) is 2.05. The van der Waals surface area contributed by atoms with Gasteiger partial charge in [-0.2, -0.15) is 10.1 Å². The summed E-state index contributed by atoms with van der Waals surface area (Å²) >= 11 is 0. The van der Waals surface area contributed by atoms with E-state index in [1.807, 2.05) is 0 Å². The lowest BCUT2D eigenvalue weighted by Crippen LogP contribution is -1.94. The van der Waals surface area contributed by atoms with E-state index in [1.54, 1.807) is 12.3 Å². The van der Waals surface area contributed by atoms with E-state index in [1.165, 1.54) is 12.7 Å². The molecule has 60 valence electrons. The quantitative estimate of drug-likeness (QED) is 0.665. The summed E-state index contributed by atoms with van der Waals surface area (Å²) in [5, 5.41) is 9.23. The van der Waals surface area contributed by atoms with Gasteiger partial charge in [-0.1, -0.05) is 0 Å². The zero-order valence-electron chi connectivity index (χ0n) is 6.10. The molecule has 2 aromatic rings. The molecule has 6 nitrogen and oxygen atoms in total. The molecule has 0 aliphatic carbocycles. The molecule has 0 aromatic carbocycles. The molecule has 0 spiro atoms. The van der Waals surface area contributed by atoms with Crippen LogP contribution in [0.3, 0.4) is 0 Å². The molecule has 0 aliphatic rings. The van der Waals surface area contributed by atoms with Gasteiger partial charge in [0.25, 0.3) is 0 Å². The minimum atomic E-state index is 0.564. The third-order valence-electron chi connectivity index (χ3n) is 1.24. The maximum absolute atomic E-state index is 3.94. The summed E-state index contributed by atoms with van der Waals surface area (Å²) in [5.41, 5.74) is 0. The number of aromatic nitrogens is 5. The largest absolute Gasteiger partial charge is 0.309 e. The van der Waals surface area contributed by atoms with Gasteiger partial charge in [-0.3, -0.25) is 0 Å². The topological polar surface area (TPSA) is 79.4 Å². The fourth-order valence-corrected chi connectivity index (χ4v) is 0.752. The van der Waals surface area contributed by atoms with Crippen LogP contribution in [0.2, 0.25) is 0 Å².